The number of pyridine rings is 1. The summed E-state index contributed by atoms with van der Waals surface area (Å²) in [5.74, 6) is -1.59. The average molecular weight is 500 g/mol. The number of anilines is 1. The number of carboxylic acids is 1. The maximum Gasteiger partial charge on any atom is 0.337 e. The summed E-state index contributed by atoms with van der Waals surface area (Å²) in [4.78, 5) is 27.8. The van der Waals surface area contributed by atoms with Crippen molar-refractivity contribution in [2.24, 2.45) is 5.73 Å². The van der Waals surface area contributed by atoms with Gasteiger partial charge in [0.25, 0.3) is 5.91 Å². The number of rotatable bonds is 7. The summed E-state index contributed by atoms with van der Waals surface area (Å²) in [6.07, 6.45) is 1.15. The first-order chi connectivity index (χ1) is 17.7. The van der Waals surface area contributed by atoms with Crippen molar-refractivity contribution in [3.05, 3.63) is 101 Å². The van der Waals surface area contributed by atoms with Crippen LogP contribution in [0.2, 0.25) is 0 Å². The highest BCUT2D eigenvalue weighted by Gasteiger charge is 2.17. The predicted molar refractivity (Wildman–Crippen MR) is 140 cm³/mol. The first-order valence-corrected chi connectivity index (χ1v) is 11.5. The highest BCUT2D eigenvalue weighted by molar-refractivity contribution is 6.04. The summed E-state index contributed by atoms with van der Waals surface area (Å²) in [6.45, 7) is 3.90. The van der Waals surface area contributed by atoms with Gasteiger partial charge in [0.15, 0.2) is 0 Å². The summed E-state index contributed by atoms with van der Waals surface area (Å²) in [7, 11) is 1.49. The number of aromatic nitrogens is 1. The van der Waals surface area contributed by atoms with E-state index in [2.05, 4.69) is 10.3 Å². The lowest BCUT2D eigenvalue weighted by Crippen LogP contribution is -2.15. The monoisotopic (exact) mass is 499 g/mol. The summed E-state index contributed by atoms with van der Waals surface area (Å²) in [6, 6.07) is 17.3. The minimum absolute atomic E-state index is 0.000235. The highest BCUT2D eigenvalue weighted by Crippen LogP contribution is 2.37. The van der Waals surface area contributed by atoms with Gasteiger partial charge in [-0.3, -0.25) is 9.78 Å². The van der Waals surface area contributed by atoms with Crippen LogP contribution in [0.1, 0.15) is 37.5 Å². The van der Waals surface area contributed by atoms with E-state index in [1.807, 2.05) is 44.2 Å². The molecule has 1 aromatic heterocycles. The van der Waals surface area contributed by atoms with Gasteiger partial charge in [-0.1, -0.05) is 30.3 Å². The minimum atomic E-state index is -1.11. The van der Waals surface area contributed by atoms with E-state index in [0.29, 0.717) is 22.6 Å². The molecular formula is C29H26FN3O4. The van der Waals surface area contributed by atoms with Crippen molar-refractivity contribution in [2.75, 3.05) is 12.4 Å². The maximum atomic E-state index is 14.7. The van der Waals surface area contributed by atoms with Crippen LogP contribution in [-0.2, 0) is 6.54 Å². The molecule has 188 valence electrons. The molecular weight excluding hydrogens is 473 g/mol. The Morgan fingerprint density at radius 3 is 2.30 bits per heavy atom. The number of nitrogens with zero attached hydrogens (tertiary/aromatic N) is 1. The number of amides is 1. The number of hydrogen-bond donors (Lipinski definition) is 3. The highest BCUT2D eigenvalue weighted by atomic mass is 19.1. The average Bonchev–Trinajstić information content (AvgIpc) is 2.89. The Bertz CT molecular complexity index is 1500. The van der Waals surface area contributed by atoms with Crippen LogP contribution in [0.15, 0.2) is 66.9 Å². The summed E-state index contributed by atoms with van der Waals surface area (Å²) < 4.78 is 20.1. The number of methoxy groups -OCH3 is 1. The van der Waals surface area contributed by atoms with Crippen molar-refractivity contribution in [1.82, 2.24) is 4.98 Å². The van der Waals surface area contributed by atoms with Crippen LogP contribution >= 0.6 is 0 Å². The molecule has 0 atom stereocenters. The van der Waals surface area contributed by atoms with Crippen LogP contribution in [0.3, 0.4) is 0 Å². The number of carbonyl (C=O) groups excluding carboxylic acids is 1. The number of carbonyl (C=O) groups is 2. The maximum absolute atomic E-state index is 14.7. The second-order valence-corrected chi connectivity index (χ2v) is 8.49. The van der Waals surface area contributed by atoms with Gasteiger partial charge in [-0.05, 0) is 77.6 Å². The molecule has 0 fully saturated rings. The third-order valence-corrected chi connectivity index (χ3v) is 6.34. The van der Waals surface area contributed by atoms with Crippen molar-refractivity contribution >= 4 is 17.6 Å². The van der Waals surface area contributed by atoms with Gasteiger partial charge in [-0.25, -0.2) is 9.18 Å². The van der Waals surface area contributed by atoms with E-state index >= 15 is 0 Å². The molecule has 37 heavy (non-hydrogen) atoms. The first-order valence-electron chi connectivity index (χ1n) is 11.5. The van der Waals surface area contributed by atoms with E-state index < -0.39 is 17.7 Å². The third kappa shape index (κ3) is 5.05. The smallest absolute Gasteiger partial charge is 0.337 e. The Kier molecular flexibility index (Phi) is 7.31. The molecule has 8 heteroatoms. The first kappa shape index (κ1) is 25.5. The second-order valence-electron chi connectivity index (χ2n) is 8.49. The molecule has 1 heterocycles. The summed E-state index contributed by atoms with van der Waals surface area (Å²) in [5, 5.41) is 11.9. The van der Waals surface area contributed by atoms with Gasteiger partial charge < -0.3 is 20.9 Å². The van der Waals surface area contributed by atoms with Gasteiger partial charge in [0, 0.05) is 24.0 Å². The second kappa shape index (κ2) is 10.6. The molecule has 0 radical (unpaired) electrons. The van der Waals surface area contributed by atoms with Gasteiger partial charge in [-0.15, -0.1) is 0 Å². The van der Waals surface area contributed by atoms with E-state index in [9.17, 15) is 14.0 Å². The van der Waals surface area contributed by atoms with Gasteiger partial charge in [0.05, 0.1) is 12.7 Å². The van der Waals surface area contributed by atoms with E-state index in [1.54, 1.807) is 12.1 Å². The zero-order valence-electron chi connectivity index (χ0n) is 20.6. The number of benzene rings is 3. The van der Waals surface area contributed by atoms with Gasteiger partial charge in [0.2, 0.25) is 0 Å². The number of aromatic carboxylic acids is 1. The quantitative estimate of drug-likeness (QED) is 0.305. The fourth-order valence-electron chi connectivity index (χ4n) is 4.29. The molecule has 4 N–H and O–H groups in total. The number of ether oxygens (including phenoxy) is 1. The molecule has 0 saturated heterocycles. The summed E-state index contributed by atoms with van der Waals surface area (Å²) >= 11 is 0. The topological polar surface area (TPSA) is 115 Å². The Morgan fingerprint density at radius 1 is 1.00 bits per heavy atom. The molecule has 0 bridgehead atoms. The Labute approximate surface area is 213 Å². The van der Waals surface area contributed by atoms with Crippen molar-refractivity contribution in [3.63, 3.8) is 0 Å². The lowest BCUT2D eigenvalue weighted by molar-refractivity contribution is 0.0695. The molecule has 4 rings (SSSR count). The number of nitrogens with one attached hydrogen (secondary N) is 1. The normalized spacial score (nSPS) is 10.7. The molecule has 0 unspecified atom stereocenters. The van der Waals surface area contributed by atoms with E-state index in [-0.39, 0.29) is 17.8 Å². The molecule has 3 aromatic carbocycles. The van der Waals surface area contributed by atoms with Crippen molar-refractivity contribution in [2.45, 2.75) is 20.4 Å². The number of carboxylic acid groups (broad SMARTS) is 1. The van der Waals surface area contributed by atoms with E-state index in [4.69, 9.17) is 15.6 Å². The molecule has 0 saturated carbocycles. The molecule has 4 aromatic rings. The molecule has 1 amide bonds. The Hall–Kier alpha value is -4.56. The largest absolute Gasteiger partial charge is 0.496 e. The third-order valence-electron chi connectivity index (χ3n) is 6.34. The lowest BCUT2D eigenvalue weighted by atomic mass is 9.90. The predicted octanol–water partition coefficient (Wildman–Crippen LogP) is 5.59. The summed E-state index contributed by atoms with van der Waals surface area (Å²) in [5.41, 5.74) is 11.8. The van der Waals surface area contributed by atoms with E-state index in [1.165, 1.54) is 25.3 Å². The van der Waals surface area contributed by atoms with Crippen LogP contribution < -0.4 is 15.8 Å². The number of nitrogens with two attached hydrogens (primary N) is 1. The molecule has 0 aliphatic carbocycles. The Morgan fingerprint density at radius 2 is 1.68 bits per heavy atom. The molecule has 0 spiro atoms. The van der Waals surface area contributed by atoms with Crippen LogP contribution in [0.25, 0.3) is 22.3 Å². The van der Waals surface area contributed by atoms with Crippen molar-refractivity contribution < 1.29 is 23.8 Å². The zero-order chi connectivity index (χ0) is 26.7. The van der Waals surface area contributed by atoms with E-state index in [0.717, 1.165) is 34.0 Å². The lowest BCUT2D eigenvalue weighted by Gasteiger charge is -2.17. The van der Waals surface area contributed by atoms with Crippen LogP contribution in [0.5, 0.6) is 5.75 Å². The fourth-order valence-corrected chi connectivity index (χ4v) is 4.29. The van der Waals surface area contributed by atoms with Gasteiger partial charge in [-0.2, -0.15) is 0 Å². The fraction of sp³-hybridized carbons (Fsp3) is 0.138. The van der Waals surface area contributed by atoms with Gasteiger partial charge >= 0.3 is 5.97 Å². The van der Waals surface area contributed by atoms with Gasteiger partial charge in [0.1, 0.15) is 17.3 Å². The Balaban J connectivity index is 1.70. The minimum Gasteiger partial charge on any atom is -0.496 e. The van der Waals surface area contributed by atoms with Crippen LogP contribution in [0, 0.1) is 19.7 Å². The molecule has 0 aliphatic heterocycles. The SMILES string of the molecule is COc1cc(-c2cccc(-c3cccc(NC(=O)c4ccc(C(=O)O)cn4)c3C)c2C)cc(F)c1CN. The number of halogens is 1. The molecule has 0 aliphatic rings. The zero-order valence-corrected chi connectivity index (χ0v) is 20.6. The number of hydrogen-bond acceptors (Lipinski definition) is 5. The van der Waals surface area contributed by atoms with Crippen molar-refractivity contribution in [1.29, 1.82) is 0 Å². The molecule has 7 nitrogen and oxygen atoms in total. The van der Waals surface area contributed by atoms with Crippen LogP contribution in [-0.4, -0.2) is 29.1 Å². The van der Waals surface area contributed by atoms with Crippen LogP contribution in [0.4, 0.5) is 10.1 Å². The standard InChI is InChI=1S/C29H26FN3O4/c1-16-20(19-12-24(30)23(14-31)27(13-19)37-3)6-4-7-21(16)22-8-5-9-25(17(22)2)33-28(34)26-11-10-18(15-32-26)29(35)36/h4-13,15H,14,31H2,1-3H3,(H,33,34)(H,35,36). The van der Waals surface area contributed by atoms with Crippen molar-refractivity contribution in [3.8, 4) is 28.0 Å².